The third-order valence-corrected chi connectivity index (χ3v) is 2.38. The summed E-state index contributed by atoms with van der Waals surface area (Å²) in [5, 5.41) is 8.74. The number of hydrogen-bond acceptors (Lipinski definition) is 3. The fourth-order valence-electron chi connectivity index (χ4n) is 1.48. The van der Waals surface area contributed by atoms with Crippen molar-refractivity contribution in [3.05, 3.63) is 34.1 Å². The zero-order valence-electron chi connectivity index (χ0n) is 7.46. The van der Waals surface area contributed by atoms with E-state index in [2.05, 4.69) is 0 Å². The van der Waals surface area contributed by atoms with Gasteiger partial charge < -0.3 is 4.74 Å². The number of carbonyl (C=O) groups excluding carboxylic acids is 1. The fourth-order valence-corrected chi connectivity index (χ4v) is 1.69. The van der Waals surface area contributed by atoms with E-state index in [4.69, 9.17) is 21.6 Å². The number of halogens is 2. The zero-order chi connectivity index (χ0) is 11.0. The van der Waals surface area contributed by atoms with Gasteiger partial charge in [0.25, 0.3) is 0 Å². The highest BCUT2D eigenvalue weighted by molar-refractivity contribution is 6.31. The first kappa shape index (κ1) is 9.94. The molecule has 2 rings (SSSR count). The lowest BCUT2D eigenvalue weighted by molar-refractivity contribution is 0.0367. The predicted octanol–water partition coefficient (Wildman–Crippen LogP) is 2.08. The van der Waals surface area contributed by atoms with E-state index in [-0.39, 0.29) is 22.6 Å². The van der Waals surface area contributed by atoms with E-state index >= 15 is 0 Å². The molecule has 1 unspecified atom stereocenters. The lowest BCUT2D eigenvalue weighted by Crippen LogP contribution is -2.27. The summed E-state index contributed by atoms with van der Waals surface area (Å²) in [4.78, 5) is 11.4. The van der Waals surface area contributed by atoms with Gasteiger partial charge in [-0.15, -0.1) is 0 Å². The van der Waals surface area contributed by atoms with Crippen LogP contribution in [0.4, 0.5) is 4.39 Å². The fraction of sp³-hybridized carbons (Fsp3) is 0.200. The van der Waals surface area contributed by atoms with Gasteiger partial charge >= 0.3 is 5.97 Å². The summed E-state index contributed by atoms with van der Waals surface area (Å²) in [6, 6.07) is 4.24. The molecule has 1 aromatic rings. The number of hydrogen-bond donors (Lipinski definition) is 0. The number of nitrogens with zero attached hydrogens (tertiary/aromatic N) is 1. The molecule has 0 spiro atoms. The molecule has 1 aliphatic rings. The van der Waals surface area contributed by atoms with Crippen LogP contribution in [0.3, 0.4) is 0 Å². The molecule has 0 amide bonds. The Morgan fingerprint density at radius 3 is 3.00 bits per heavy atom. The van der Waals surface area contributed by atoms with Gasteiger partial charge in [-0.2, -0.15) is 5.26 Å². The molecule has 0 fully saturated rings. The van der Waals surface area contributed by atoms with E-state index in [1.807, 2.05) is 0 Å². The molecular formula is C10H5ClFNO2. The molecule has 0 bridgehead atoms. The maximum Gasteiger partial charge on any atom is 0.339 e. The number of carbonyl (C=O) groups is 1. The van der Waals surface area contributed by atoms with E-state index in [1.165, 1.54) is 6.07 Å². The van der Waals surface area contributed by atoms with Gasteiger partial charge in [-0.25, -0.2) is 9.18 Å². The number of fused-ring (bicyclic) bond motifs is 1. The number of rotatable bonds is 0. The third-order valence-electron chi connectivity index (χ3n) is 2.16. The maximum absolute atomic E-state index is 13.4. The molecule has 0 saturated carbocycles. The third kappa shape index (κ3) is 1.66. The summed E-state index contributed by atoms with van der Waals surface area (Å²) in [7, 11) is 0. The number of ether oxygens (including phenoxy) is 1. The molecular weight excluding hydrogens is 221 g/mol. The first-order valence-electron chi connectivity index (χ1n) is 4.20. The van der Waals surface area contributed by atoms with E-state index in [9.17, 15) is 9.18 Å². The first-order chi connectivity index (χ1) is 7.11. The number of esters is 1. The summed E-state index contributed by atoms with van der Waals surface area (Å²) < 4.78 is 18.2. The predicted molar refractivity (Wildman–Crippen MR) is 49.9 cm³/mol. The van der Waals surface area contributed by atoms with Crippen molar-refractivity contribution in [3.8, 4) is 6.07 Å². The Balaban J connectivity index is 2.56. The molecule has 5 heteroatoms. The molecule has 0 aliphatic carbocycles. The highest BCUT2D eigenvalue weighted by Gasteiger charge is 2.28. The Bertz CT molecular complexity index is 481. The number of benzene rings is 1. The van der Waals surface area contributed by atoms with Crippen LogP contribution in [-0.2, 0) is 11.2 Å². The normalized spacial score (nSPS) is 19.0. The second-order valence-electron chi connectivity index (χ2n) is 3.14. The van der Waals surface area contributed by atoms with Crippen LogP contribution in [0.1, 0.15) is 15.9 Å². The van der Waals surface area contributed by atoms with Gasteiger partial charge in [0, 0.05) is 17.0 Å². The Kier molecular flexibility index (Phi) is 2.33. The average molecular weight is 226 g/mol. The summed E-state index contributed by atoms with van der Waals surface area (Å²) in [5.74, 6) is -1.28. The van der Waals surface area contributed by atoms with Crippen molar-refractivity contribution in [2.45, 2.75) is 12.5 Å². The Morgan fingerprint density at radius 2 is 2.33 bits per heavy atom. The standard InChI is InChI=1S/C10H5ClFNO2/c11-5-1-8-7(9(12)2-5)3-6(4-13)15-10(8)14/h1-2,6H,3H2. The lowest BCUT2D eigenvalue weighted by Gasteiger charge is -2.20. The zero-order valence-corrected chi connectivity index (χ0v) is 8.21. The van der Waals surface area contributed by atoms with Crippen LogP contribution in [0.2, 0.25) is 5.02 Å². The minimum absolute atomic E-state index is 0.0700. The summed E-state index contributed by atoms with van der Waals surface area (Å²) >= 11 is 5.60. The van der Waals surface area contributed by atoms with Gasteiger partial charge in [-0.05, 0) is 12.1 Å². The summed E-state index contributed by atoms with van der Waals surface area (Å²) in [6.07, 6.45) is -0.846. The maximum atomic E-state index is 13.4. The molecule has 3 nitrogen and oxygen atoms in total. The van der Waals surface area contributed by atoms with Gasteiger partial charge in [0.1, 0.15) is 11.9 Å². The van der Waals surface area contributed by atoms with Crippen LogP contribution in [0.15, 0.2) is 12.1 Å². The molecule has 1 atom stereocenters. The summed E-state index contributed by atoms with van der Waals surface area (Å²) in [6.45, 7) is 0. The van der Waals surface area contributed by atoms with Gasteiger partial charge in [0.05, 0.1) is 5.56 Å². The molecule has 76 valence electrons. The second-order valence-corrected chi connectivity index (χ2v) is 3.58. The van der Waals surface area contributed by atoms with Crippen molar-refractivity contribution in [1.29, 1.82) is 5.26 Å². The molecule has 0 saturated heterocycles. The Morgan fingerprint density at radius 1 is 1.60 bits per heavy atom. The quantitative estimate of drug-likeness (QED) is 0.635. The minimum Gasteiger partial charge on any atom is -0.443 e. The van der Waals surface area contributed by atoms with E-state index < -0.39 is 17.9 Å². The number of cyclic esters (lactones) is 1. The average Bonchev–Trinajstić information content (AvgIpc) is 2.19. The van der Waals surface area contributed by atoms with Crippen LogP contribution >= 0.6 is 11.6 Å². The molecule has 0 radical (unpaired) electrons. The van der Waals surface area contributed by atoms with E-state index in [1.54, 1.807) is 6.07 Å². The largest absolute Gasteiger partial charge is 0.443 e. The van der Waals surface area contributed by atoms with Gasteiger partial charge in [-0.1, -0.05) is 11.6 Å². The molecule has 0 N–H and O–H groups in total. The van der Waals surface area contributed by atoms with Crippen molar-refractivity contribution in [2.75, 3.05) is 0 Å². The van der Waals surface area contributed by atoms with E-state index in [0.29, 0.717) is 0 Å². The van der Waals surface area contributed by atoms with E-state index in [0.717, 1.165) is 6.07 Å². The SMILES string of the molecule is N#CC1Cc2c(F)cc(Cl)cc2C(=O)O1. The van der Waals surface area contributed by atoms with Crippen molar-refractivity contribution < 1.29 is 13.9 Å². The highest BCUT2D eigenvalue weighted by Crippen LogP contribution is 2.26. The van der Waals surface area contributed by atoms with Crippen LogP contribution in [0.25, 0.3) is 0 Å². The van der Waals surface area contributed by atoms with Gasteiger partial charge in [0.15, 0.2) is 6.10 Å². The van der Waals surface area contributed by atoms with Crippen molar-refractivity contribution >= 4 is 17.6 Å². The van der Waals surface area contributed by atoms with Crippen molar-refractivity contribution in [3.63, 3.8) is 0 Å². The topological polar surface area (TPSA) is 50.1 Å². The van der Waals surface area contributed by atoms with Crippen LogP contribution in [-0.4, -0.2) is 12.1 Å². The molecule has 0 aromatic heterocycles. The van der Waals surface area contributed by atoms with Crippen LogP contribution < -0.4 is 0 Å². The monoisotopic (exact) mass is 225 g/mol. The first-order valence-corrected chi connectivity index (χ1v) is 4.58. The minimum atomic E-state index is -0.916. The summed E-state index contributed by atoms with van der Waals surface area (Å²) in [5.41, 5.74) is 0.300. The Hall–Kier alpha value is -1.60. The second kappa shape index (κ2) is 3.52. The van der Waals surface area contributed by atoms with Gasteiger partial charge in [-0.3, -0.25) is 0 Å². The Labute approximate surface area is 90.0 Å². The van der Waals surface area contributed by atoms with Gasteiger partial charge in [0.2, 0.25) is 0 Å². The molecule has 1 aliphatic heterocycles. The number of nitriles is 1. The highest BCUT2D eigenvalue weighted by atomic mass is 35.5. The van der Waals surface area contributed by atoms with Crippen molar-refractivity contribution in [1.82, 2.24) is 0 Å². The van der Waals surface area contributed by atoms with Crippen LogP contribution in [0.5, 0.6) is 0 Å². The molecule has 15 heavy (non-hydrogen) atoms. The molecule has 1 aromatic carbocycles. The molecule has 1 heterocycles. The lowest BCUT2D eigenvalue weighted by atomic mass is 9.98. The smallest absolute Gasteiger partial charge is 0.339 e. The van der Waals surface area contributed by atoms with Crippen molar-refractivity contribution in [2.24, 2.45) is 0 Å². The van der Waals surface area contributed by atoms with Crippen LogP contribution in [0, 0.1) is 17.1 Å².